The molecule has 8 heteroatoms. The van der Waals surface area contributed by atoms with Gasteiger partial charge in [0, 0.05) is 12.0 Å². The zero-order valence-corrected chi connectivity index (χ0v) is 13.9. The molecule has 1 aromatic rings. The van der Waals surface area contributed by atoms with Crippen LogP contribution in [-0.2, 0) is 9.59 Å². The van der Waals surface area contributed by atoms with Gasteiger partial charge in [0.15, 0.2) is 0 Å². The fourth-order valence-electron chi connectivity index (χ4n) is 1.55. The lowest BCUT2D eigenvalue weighted by molar-refractivity contribution is -0.173. The molecule has 136 valence electrons. The van der Waals surface area contributed by atoms with E-state index in [0.717, 1.165) is 0 Å². The van der Waals surface area contributed by atoms with E-state index in [1.807, 2.05) is 0 Å². The average Bonchev–Trinajstić information content (AvgIpc) is 2.50. The number of ether oxygens (including phenoxy) is 1. The average molecular weight is 356 g/mol. The molecule has 0 spiro atoms. The number of carbonyl (C=O) groups excluding carboxylic acids is 2. The first-order valence-corrected chi connectivity index (χ1v) is 7.39. The number of primary amides is 1. The van der Waals surface area contributed by atoms with E-state index in [2.05, 4.69) is 11.8 Å². The van der Waals surface area contributed by atoms with Crippen LogP contribution in [0, 0.1) is 17.3 Å². The molecule has 2 amide bonds. The fourth-order valence-corrected chi connectivity index (χ4v) is 1.55. The smallest absolute Gasteiger partial charge is 0.471 e. The third kappa shape index (κ3) is 7.16. The van der Waals surface area contributed by atoms with Gasteiger partial charge in [-0.25, -0.2) is 0 Å². The van der Waals surface area contributed by atoms with Gasteiger partial charge < -0.3 is 15.8 Å². The molecule has 0 aliphatic carbocycles. The molecule has 0 fully saturated rings. The van der Waals surface area contributed by atoms with Crippen molar-refractivity contribution < 1.29 is 27.5 Å². The van der Waals surface area contributed by atoms with Crippen LogP contribution in [0.15, 0.2) is 24.3 Å². The van der Waals surface area contributed by atoms with Crippen molar-refractivity contribution in [3.8, 4) is 17.6 Å². The van der Waals surface area contributed by atoms with Crippen molar-refractivity contribution >= 4 is 11.8 Å². The molecule has 0 unspecified atom stereocenters. The van der Waals surface area contributed by atoms with Crippen LogP contribution in [0.5, 0.6) is 5.75 Å². The number of hydrogen-bond donors (Lipinski definition) is 2. The number of halogens is 3. The standard InChI is InChI=1S/C17H19F3N2O3/c1-16(2,14(21)23)8-4-6-12-5-3-7-13(11-12)25-10-9-22-15(24)17(18,19)20/h3,5,7,11H,8-10H2,1-2H3,(H2,21,23)(H,22,24). The summed E-state index contributed by atoms with van der Waals surface area (Å²) < 4.78 is 41.3. The van der Waals surface area contributed by atoms with Crippen molar-refractivity contribution in [3.63, 3.8) is 0 Å². The van der Waals surface area contributed by atoms with Crippen LogP contribution in [0.1, 0.15) is 25.8 Å². The minimum atomic E-state index is -4.91. The van der Waals surface area contributed by atoms with Crippen molar-refractivity contribution in [1.29, 1.82) is 0 Å². The van der Waals surface area contributed by atoms with Gasteiger partial charge in [0.25, 0.3) is 0 Å². The molecule has 0 bridgehead atoms. The number of hydrogen-bond acceptors (Lipinski definition) is 3. The van der Waals surface area contributed by atoms with Gasteiger partial charge in [-0.1, -0.05) is 31.8 Å². The Kier molecular flexibility index (Phi) is 6.86. The van der Waals surface area contributed by atoms with Crippen LogP contribution in [0.2, 0.25) is 0 Å². The molecule has 1 aromatic carbocycles. The molecule has 0 aromatic heterocycles. The van der Waals surface area contributed by atoms with E-state index in [1.165, 1.54) is 0 Å². The lowest BCUT2D eigenvalue weighted by Crippen LogP contribution is -2.38. The lowest BCUT2D eigenvalue weighted by Gasteiger charge is -2.15. The van der Waals surface area contributed by atoms with Gasteiger partial charge in [-0.05, 0) is 18.2 Å². The first kappa shape index (κ1) is 20.4. The Morgan fingerprint density at radius 3 is 2.56 bits per heavy atom. The zero-order valence-electron chi connectivity index (χ0n) is 13.9. The Labute approximate surface area is 143 Å². The quantitative estimate of drug-likeness (QED) is 0.604. The molecular formula is C17H19F3N2O3. The highest BCUT2D eigenvalue weighted by Crippen LogP contribution is 2.19. The van der Waals surface area contributed by atoms with Gasteiger partial charge in [0.1, 0.15) is 12.4 Å². The first-order chi connectivity index (χ1) is 11.5. The van der Waals surface area contributed by atoms with E-state index in [1.54, 1.807) is 43.4 Å². The molecule has 25 heavy (non-hydrogen) atoms. The largest absolute Gasteiger partial charge is 0.492 e. The fraction of sp³-hybridized carbons (Fsp3) is 0.412. The summed E-state index contributed by atoms with van der Waals surface area (Å²) in [5, 5.41) is 1.71. The van der Waals surface area contributed by atoms with Gasteiger partial charge in [-0.3, -0.25) is 9.59 Å². The molecule has 0 radical (unpaired) electrons. The van der Waals surface area contributed by atoms with Crippen LogP contribution in [0.3, 0.4) is 0 Å². The second kappa shape index (κ2) is 8.42. The van der Waals surface area contributed by atoms with Gasteiger partial charge in [-0.15, -0.1) is 0 Å². The van der Waals surface area contributed by atoms with E-state index >= 15 is 0 Å². The van der Waals surface area contributed by atoms with Crippen molar-refractivity contribution in [1.82, 2.24) is 5.32 Å². The molecular weight excluding hydrogens is 337 g/mol. The van der Waals surface area contributed by atoms with Crippen molar-refractivity contribution in [3.05, 3.63) is 29.8 Å². The molecule has 0 aliphatic heterocycles. The summed E-state index contributed by atoms with van der Waals surface area (Å²) in [5.74, 6) is 3.68. The predicted molar refractivity (Wildman–Crippen MR) is 85.5 cm³/mol. The third-order valence-electron chi connectivity index (χ3n) is 3.18. The van der Waals surface area contributed by atoms with Gasteiger partial charge in [0.05, 0.1) is 12.0 Å². The maximum atomic E-state index is 12.0. The number of nitrogens with two attached hydrogens (primary N) is 1. The second-order valence-electron chi connectivity index (χ2n) is 5.86. The number of carbonyl (C=O) groups is 2. The van der Waals surface area contributed by atoms with Crippen molar-refractivity contribution in [2.45, 2.75) is 26.4 Å². The summed E-state index contributed by atoms with van der Waals surface area (Å²) in [6.07, 6.45) is -4.62. The zero-order chi connectivity index (χ0) is 19.1. The Hall–Kier alpha value is -2.69. The molecule has 0 aliphatic rings. The van der Waals surface area contributed by atoms with Crippen LogP contribution in [0.25, 0.3) is 0 Å². The third-order valence-corrected chi connectivity index (χ3v) is 3.18. The summed E-state index contributed by atoms with van der Waals surface area (Å²) in [5.41, 5.74) is 5.15. The SMILES string of the molecule is CC(C)(CC#Cc1cccc(OCCNC(=O)C(F)(F)F)c1)C(N)=O. The van der Waals surface area contributed by atoms with Gasteiger partial charge >= 0.3 is 12.1 Å². The summed E-state index contributed by atoms with van der Waals surface area (Å²) in [6.45, 7) is 2.99. The topological polar surface area (TPSA) is 81.4 Å². The van der Waals surface area contributed by atoms with E-state index in [9.17, 15) is 22.8 Å². The number of nitrogens with one attached hydrogen (secondary N) is 1. The van der Waals surface area contributed by atoms with Gasteiger partial charge in [-0.2, -0.15) is 13.2 Å². The molecule has 0 saturated carbocycles. The maximum Gasteiger partial charge on any atom is 0.471 e. The van der Waals surface area contributed by atoms with Crippen LogP contribution >= 0.6 is 0 Å². The van der Waals surface area contributed by atoms with Gasteiger partial charge in [0.2, 0.25) is 5.91 Å². The molecule has 0 heterocycles. The van der Waals surface area contributed by atoms with Crippen LogP contribution < -0.4 is 15.8 Å². The highest BCUT2D eigenvalue weighted by Gasteiger charge is 2.38. The number of benzene rings is 1. The molecule has 0 saturated heterocycles. The molecule has 5 nitrogen and oxygen atoms in total. The molecule has 3 N–H and O–H groups in total. The molecule has 1 rings (SSSR count). The Morgan fingerprint density at radius 1 is 1.28 bits per heavy atom. The minimum Gasteiger partial charge on any atom is -0.492 e. The lowest BCUT2D eigenvalue weighted by atomic mass is 9.89. The van der Waals surface area contributed by atoms with Crippen LogP contribution in [-0.4, -0.2) is 31.1 Å². The van der Waals surface area contributed by atoms with Crippen molar-refractivity contribution in [2.75, 3.05) is 13.2 Å². The Morgan fingerprint density at radius 2 is 1.96 bits per heavy atom. The second-order valence-corrected chi connectivity index (χ2v) is 5.86. The Bertz CT molecular complexity index is 688. The minimum absolute atomic E-state index is 0.118. The summed E-state index contributed by atoms with van der Waals surface area (Å²) in [6, 6.07) is 6.62. The predicted octanol–water partition coefficient (Wildman–Crippen LogP) is 2.00. The highest BCUT2D eigenvalue weighted by molar-refractivity contribution is 5.81. The monoisotopic (exact) mass is 356 g/mol. The molecule has 0 atom stereocenters. The summed E-state index contributed by atoms with van der Waals surface area (Å²) in [4.78, 5) is 21.8. The normalized spacial score (nSPS) is 11.2. The highest BCUT2D eigenvalue weighted by atomic mass is 19.4. The van der Waals surface area contributed by atoms with Crippen LogP contribution in [0.4, 0.5) is 13.2 Å². The van der Waals surface area contributed by atoms with E-state index in [0.29, 0.717) is 11.3 Å². The maximum absolute atomic E-state index is 12.0. The number of amides is 2. The van der Waals surface area contributed by atoms with E-state index < -0.39 is 23.4 Å². The first-order valence-electron chi connectivity index (χ1n) is 7.39. The van der Waals surface area contributed by atoms with Crippen molar-refractivity contribution in [2.24, 2.45) is 11.1 Å². The number of alkyl halides is 3. The van der Waals surface area contributed by atoms with E-state index in [-0.39, 0.29) is 19.6 Å². The van der Waals surface area contributed by atoms with E-state index in [4.69, 9.17) is 10.5 Å². The number of rotatable bonds is 6. The summed E-state index contributed by atoms with van der Waals surface area (Å²) in [7, 11) is 0. The Balaban J connectivity index is 2.54. The summed E-state index contributed by atoms with van der Waals surface area (Å²) >= 11 is 0.